The van der Waals surface area contributed by atoms with Crippen LogP contribution in [-0.4, -0.2) is 71.4 Å². The Morgan fingerprint density at radius 1 is 0.912 bits per heavy atom. The van der Waals surface area contributed by atoms with Crippen molar-refractivity contribution in [3.8, 4) is 11.5 Å². The highest BCUT2D eigenvalue weighted by Crippen LogP contribution is 2.51. The molecule has 0 saturated carbocycles. The molecule has 1 aromatic heterocycles. The van der Waals surface area contributed by atoms with Crippen molar-refractivity contribution in [3.05, 3.63) is 118 Å². The first-order chi connectivity index (χ1) is 27.2. The van der Waals surface area contributed by atoms with Crippen LogP contribution in [0, 0.1) is 5.41 Å². The number of thioether (sulfide) groups is 1. The quantitative estimate of drug-likeness (QED) is 0.0627. The van der Waals surface area contributed by atoms with Gasteiger partial charge in [-0.3, -0.25) is 9.36 Å². The molecule has 4 aromatic rings. The van der Waals surface area contributed by atoms with Crippen LogP contribution in [0.25, 0.3) is 0 Å². The number of ether oxygens (including phenoxy) is 5. The molecule has 0 bridgehead atoms. The van der Waals surface area contributed by atoms with Gasteiger partial charge in [0.05, 0.1) is 14.2 Å². The van der Waals surface area contributed by atoms with Gasteiger partial charge >= 0.3 is 13.9 Å². The second-order valence-corrected chi connectivity index (χ2v) is 17.2. The number of hydrogen-bond acceptors (Lipinski definition) is 13. The van der Waals surface area contributed by atoms with Crippen molar-refractivity contribution in [2.24, 2.45) is 5.41 Å². The number of hydrogen-bond donors (Lipinski definition) is 1. The SMILES string of the molecule is CCC(C)(C)C(=O)SCCO[P+](=O)OC[C@H]1O[C@@H](n2ccc(NC(c3ccccc3)(c3ccc(OC)cc3)c3ccc(OC)cc3)nc2=O)[C@@]2(C)OC(C)(C)OC12. The maximum absolute atomic E-state index is 14.1. The van der Waals surface area contributed by atoms with E-state index < -0.39 is 54.7 Å². The molecule has 2 aliphatic heterocycles. The number of fused-ring (bicyclic) bond motifs is 1. The van der Waals surface area contributed by atoms with Crippen molar-refractivity contribution in [3.63, 3.8) is 0 Å². The average Bonchev–Trinajstić information content (AvgIpc) is 3.62. The van der Waals surface area contributed by atoms with E-state index in [1.54, 1.807) is 40.3 Å². The summed E-state index contributed by atoms with van der Waals surface area (Å²) in [6.45, 7) is 11.0. The molecule has 3 aromatic carbocycles. The van der Waals surface area contributed by atoms with E-state index in [0.29, 0.717) is 23.1 Å². The summed E-state index contributed by atoms with van der Waals surface area (Å²) in [6, 6.07) is 27.1. The largest absolute Gasteiger partial charge is 0.697 e. The van der Waals surface area contributed by atoms with Crippen molar-refractivity contribution >= 4 is 30.9 Å². The third-order valence-corrected chi connectivity index (χ3v) is 12.5. The Morgan fingerprint density at radius 2 is 1.51 bits per heavy atom. The maximum atomic E-state index is 14.1. The molecule has 0 amide bonds. The standard InChI is InChI=1S/C42H50N3O10PS/c1-9-39(2,3)37(46)57-26-25-51-56(48)52-27-33-35-41(6,55-40(4,5)54-35)36(53-33)45-24-23-34(43-38(45)47)44-42(28-13-11-10-12-14-28,29-15-19-31(49-7)20-16-29)30-17-21-32(50-8)22-18-30/h10-24,33,35-36H,9,25-27H2,1-8H3/p+1/t33-,35?,36-,41+/m1/s1. The minimum atomic E-state index is -2.53. The second-order valence-electron chi connectivity index (χ2n) is 15.2. The van der Waals surface area contributed by atoms with Gasteiger partial charge in [0.25, 0.3) is 0 Å². The highest BCUT2D eigenvalue weighted by atomic mass is 32.2. The molecule has 0 spiro atoms. The molecule has 2 unspecified atom stereocenters. The highest BCUT2D eigenvalue weighted by molar-refractivity contribution is 8.13. The lowest BCUT2D eigenvalue weighted by Crippen LogP contribution is -2.45. The summed E-state index contributed by atoms with van der Waals surface area (Å²) in [5.41, 5.74) is -0.558. The first-order valence-electron chi connectivity index (χ1n) is 18.8. The van der Waals surface area contributed by atoms with Gasteiger partial charge in [0.2, 0.25) is 0 Å². The van der Waals surface area contributed by atoms with E-state index in [1.807, 2.05) is 107 Å². The zero-order valence-electron chi connectivity index (χ0n) is 33.6. The lowest BCUT2D eigenvalue weighted by molar-refractivity contribution is -0.217. The Bertz CT molecular complexity index is 2030. The first kappa shape index (κ1) is 42.5. The molecule has 1 N–H and O–H groups in total. The third kappa shape index (κ3) is 8.97. The van der Waals surface area contributed by atoms with Crippen LogP contribution in [0.3, 0.4) is 0 Å². The minimum absolute atomic E-state index is 0.0500. The van der Waals surface area contributed by atoms with Gasteiger partial charge in [-0.15, -0.1) is 9.05 Å². The lowest BCUT2D eigenvalue weighted by atomic mass is 9.77. The molecule has 15 heteroatoms. The summed E-state index contributed by atoms with van der Waals surface area (Å²) < 4.78 is 55.1. The molecular weight excluding hydrogens is 770 g/mol. The number of carbonyl (C=O) groups excluding carboxylic acids is 1. The van der Waals surface area contributed by atoms with Crippen LogP contribution in [0.5, 0.6) is 11.5 Å². The summed E-state index contributed by atoms with van der Waals surface area (Å²) in [5, 5.41) is 3.68. The van der Waals surface area contributed by atoms with Gasteiger partial charge in [0.15, 0.2) is 17.1 Å². The first-order valence-corrected chi connectivity index (χ1v) is 20.9. The molecule has 5 atom stereocenters. The average molecular weight is 821 g/mol. The fourth-order valence-electron chi connectivity index (χ4n) is 7.21. The summed E-state index contributed by atoms with van der Waals surface area (Å²) in [4.78, 5) is 31.1. The Labute approximate surface area is 338 Å². The van der Waals surface area contributed by atoms with Crippen LogP contribution in [0.2, 0.25) is 0 Å². The van der Waals surface area contributed by atoms with Gasteiger partial charge in [-0.25, -0.2) is 4.79 Å². The number of anilines is 1. The molecule has 2 aliphatic rings. The monoisotopic (exact) mass is 820 g/mol. The van der Waals surface area contributed by atoms with E-state index in [-0.39, 0.29) is 18.3 Å². The number of nitrogens with zero attached hydrogens (tertiary/aromatic N) is 2. The summed E-state index contributed by atoms with van der Waals surface area (Å²) in [7, 11) is 0.709. The molecule has 6 rings (SSSR count). The maximum Gasteiger partial charge on any atom is 0.697 e. The van der Waals surface area contributed by atoms with Crippen LogP contribution in [-0.2, 0) is 38.2 Å². The zero-order valence-corrected chi connectivity index (χ0v) is 35.3. The van der Waals surface area contributed by atoms with Crippen LogP contribution in [0.1, 0.15) is 70.9 Å². The normalized spacial score (nSPS) is 21.8. The number of aromatic nitrogens is 2. The van der Waals surface area contributed by atoms with Crippen molar-refractivity contribution in [2.45, 2.75) is 83.3 Å². The second kappa shape index (κ2) is 17.4. The predicted octanol–water partition coefficient (Wildman–Crippen LogP) is 7.86. The molecule has 57 heavy (non-hydrogen) atoms. The van der Waals surface area contributed by atoms with E-state index in [0.717, 1.165) is 34.9 Å². The zero-order chi connectivity index (χ0) is 41.0. The fraction of sp³-hybridized carbons (Fsp3) is 0.452. The topological polar surface area (TPSA) is 146 Å². The van der Waals surface area contributed by atoms with E-state index in [1.165, 1.54) is 4.57 Å². The fourth-order valence-corrected chi connectivity index (χ4v) is 8.80. The number of methoxy groups -OCH3 is 2. The molecule has 0 radical (unpaired) electrons. The summed E-state index contributed by atoms with van der Waals surface area (Å²) in [6.07, 6.45) is -0.104. The summed E-state index contributed by atoms with van der Waals surface area (Å²) >= 11 is 1.15. The molecule has 13 nitrogen and oxygen atoms in total. The number of benzene rings is 3. The van der Waals surface area contributed by atoms with Gasteiger partial charge in [-0.05, 0) is 74.2 Å². The molecule has 0 aliphatic carbocycles. The van der Waals surface area contributed by atoms with Crippen LogP contribution in [0.15, 0.2) is 95.9 Å². The number of nitrogens with one attached hydrogen (secondary N) is 1. The smallest absolute Gasteiger partial charge is 0.497 e. The van der Waals surface area contributed by atoms with Gasteiger partial charge in [0, 0.05) is 21.9 Å². The van der Waals surface area contributed by atoms with E-state index in [9.17, 15) is 14.2 Å². The van der Waals surface area contributed by atoms with Crippen molar-refractivity contribution in [1.29, 1.82) is 0 Å². The Morgan fingerprint density at radius 3 is 2.07 bits per heavy atom. The van der Waals surface area contributed by atoms with Gasteiger partial charge in [-0.2, -0.15) is 4.98 Å². The third-order valence-electron chi connectivity index (χ3n) is 10.5. The van der Waals surface area contributed by atoms with Gasteiger partial charge < -0.3 is 29.0 Å². The van der Waals surface area contributed by atoms with Crippen LogP contribution >= 0.6 is 20.0 Å². The lowest BCUT2D eigenvalue weighted by Gasteiger charge is -2.37. The highest BCUT2D eigenvalue weighted by Gasteiger charge is 2.65. The minimum Gasteiger partial charge on any atom is -0.497 e. The van der Waals surface area contributed by atoms with Crippen molar-refractivity contribution < 1.29 is 42.1 Å². The Kier molecular flexibility index (Phi) is 12.9. The summed E-state index contributed by atoms with van der Waals surface area (Å²) in [5.74, 6) is 1.03. The van der Waals surface area contributed by atoms with Crippen LogP contribution < -0.4 is 20.5 Å². The molecule has 304 valence electrons. The molecule has 3 heterocycles. The number of carbonyl (C=O) groups is 1. The predicted molar refractivity (Wildman–Crippen MR) is 218 cm³/mol. The van der Waals surface area contributed by atoms with Gasteiger partial charge in [-0.1, -0.05) is 87.1 Å². The van der Waals surface area contributed by atoms with E-state index >= 15 is 0 Å². The van der Waals surface area contributed by atoms with Crippen molar-refractivity contribution in [2.75, 3.05) is 38.5 Å². The molecule has 2 saturated heterocycles. The van der Waals surface area contributed by atoms with Gasteiger partial charge in [0.1, 0.15) is 53.9 Å². The van der Waals surface area contributed by atoms with Crippen molar-refractivity contribution in [1.82, 2.24) is 9.55 Å². The Balaban J connectivity index is 1.26. The van der Waals surface area contributed by atoms with Crippen LogP contribution in [0.4, 0.5) is 5.82 Å². The Hall–Kier alpha value is -4.14. The van der Waals surface area contributed by atoms with E-state index in [4.69, 9.17) is 32.7 Å². The molecule has 2 fully saturated rings. The molecular formula is C42H51N3O10PS+. The number of rotatable bonds is 17. The van der Waals surface area contributed by atoms with E-state index in [2.05, 4.69) is 10.3 Å².